The monoisotopic (exact) mass is 448 g/mol. The van der Waals surface area contributed by atoms with Crippen LogP contribution in [0.25, 0.3) is 0 Å². The van der Waals surface area contributed by atoms with Crippen LogP contribution < -0.4 is 5.32 Å². The predicted molar refractivity (Wildman–Crippen MR) is 119 cm³/mol. The van der Waals surface area contributed by atoms with Gasteiger partial charge in [-0.1, -0.05) is 11.6 Å². The van der Waals surface area contributed by atoms with Crippen molar-refractivity contribution in [1.29, 1.82) is 0 Å². The summed E-state index contributed by atoms with van der Waals surface area (Å²) in [5, 5.41) is 3.32. The summed E-state index contributed by atoms with van der Waals surface area (Å²) < 4.78 is 10.9. The molecular weight excluding hydrogens is 420 g/mol. The summed E-state index contributed by atoms with van der Waals surface area (Å²) in [5.74, 6) is -2.21. The molecule has 7 nitrogen and oxygen atoms in total. The van der Waals surface area contributed by atoms with E-state index in [2.05, 4.69) is 10.3 Å². The summed E-state index contributed by atoms with van der Waals surface area (Å²) in [7, 11) is 0. The van der Waals surface area contributed by atoms with Crippen molar-refractivity contribution in [2.75, 3.05) is 0 Å². The van der Waals surface area contributed by atoms with Gasteiger partial charge in [-0.2, -0.15) is 0 Å². The molecule has 0 unspecified atom stereocenters. The van der Waals surface area contributed by atoms with Gasteiger partial charge < -0.3 is 14.8 Å². The molecule has 1 heterocycles. The second-order valence-electron chi connectivity index (χ2n) is 9.91. The highest BCUT2D eigenvalue weighted by molar-refractivity contribution is 6.30. The number of cyclic esters (lactones) is 1. The van der Waals surface area contributed by atoms with Crippen molar-refractivity contribution < 1.29 is 23.9 Å². The van der Waals surface area contributed by atoms with Gasteiger partial charge in [0.15, 0.2) is 0 Å². The molecule has 0 aliphatic carbocycles. The van der Waals surface area contributed by atoms with E-state index < -0.39 is 34.3 Å². The number of rotatable bonds is 4. The Morgan fingerprint density at radius 2 is 1.55 bits per heavy atom. The van der Waals surface area contributed by atoms with Gasteiger partial charge in [0.05, 0.1) is 16.5 Å². The van der Waals surface area contributed by atoms with E-state index in [0.29, 0.717) is 5.02 Å². The topological polar surface area (TPSA) is 94.1 Å². The third kappa shape index (κ3) is 6.17. The van der Waals surface area contributed by atoms with Crippen LogP contribution in [0.5, 0.6) is 0 Å². The molecule has 0 atom stereocenters. The summed E-state index contributed by atoms with van der Waals surface area (Å²) in [5.41, 5.74) is -2.35. The van der Waals surface area contributed by atoms with E-state index in [1.165, 1.54) is 12.1 Å². The minimum atomic E-state index is -1.35. The Hall–Kier alpha value is -2.67. The van der Waals surface area contributed by atoms with Gasteiger partial charge in [0.2, 0.25) is 11.7 Å². The van der Waals surface area contributed by atoms with E-state index >= 15 is 0 Å². The molecule has 0 aromatic heterocycles. The number of aliphatic imine (C=N–C) groups is 1. The van der Waals surface area contributed by atoms with Crippen molar-refractivity contribution in [2.45, 2.75) is 66.5 Å². The van der Waals surface area contributed by atoms with Gasteiger partial charge in [-0.15, -0.1) is 0 Å². The minimum Gasteiger partial charge on any atom is -0.416 e. The number of hydrogen-bond acceptors (Lipinski definition) is 6. The summed E-state index contributed by atoms with van der Waals surface area (Å²) >= 11 is 5.88. The van der Waals surface area contributed by atoms with Crippen LogP contribution in [0.15, 0.2) is 40.6 Å². The summed E-state index contributed by atoms with van der Waals surface area (Å²) in [6.07, 6.45) is 0. The zero-order valence-electron chi connectivity index (χ0n) is 19.2. The number of nitrogens with zero attached hydrogens (tertiary/aromatic N) is 1. The highest BCUT2D eigenvalue weighted by atomic mass is 35.5. The Kier molecular flexibility index (Phi) is 6.71. The standard InChI is InChI=1S/C23H29ClN2O5/c1-21(2,3)25-17-16(30-18(27)13-9-11-14(24)12-10-13)15(19(28)31-17)23(7,8)20(29)26-22(4,5)6/h9-12H,1-8H3,(H,26,29). The molecule has 168 valence electrons. The smallest absolute Gasteiger partial charge is 0.345 e. The maximum atomic E-state index is 13.0. The molecule has 31 heavy (non-hydrogen) atoms. The molecule has 0 fully saturated rings. The highest BCUT2D eigenvalue weighted by Crippen LogP contribution is 2.37. The van der Waals surface area contributed by atoms with Gasteiger partial charge in [-0.25, -0.2) is 14.6 Å². The maximum absolute atomic E-state index is 13.0. The van der Waals surface area contributed by atoms with E-state index in [-0.39, 0.29) is 22.8 Å². The fourth-order valence-electron chi connectivity index (χ4n) is 2.74. The second-order valence-corrected chi connectivity index (χ2v) is 10.3. The summed E-state index contributed by atoms with van der Waals surface area (Å²) in [6.45, 7) is 14.1. The van der Waals surface area contributed by atoms with E-state index in [1.807, 2.05) is 41.5 Å². The lowest BCUT2D eigenvalue weighted by molar-refractivity contribution is -0.136. The Morgan fingerprint density at radius 1 is 1.00 bits per heavy atom. The Morgan fingerprint density at radius 3 is 2.03 bits per heavy atom. The van der Waals surface area contributed by atoms with Crippen LogP contribution in [0, 0.1) is 5.41 Å². The lowest BCUT2D eigenvalue weighted by Crippen LogP contribution is -2.48. The molecule has 1 aromatic rings. The van der Waals surface area contributed by atoms with Crippen molar-refractivity contribution in [3.8, 4) is 0 Å². The Bertz CT molecular complexity index is 961. The van der Waals surface area contributed by atoms with Gasteiger partial charge >= 0.3 is 11.9 Å². The largest absolute Gasteiger partial charge is 0.416 e. The lowest BCUT2D eigenvalue weighted by Gasteiger charge is -2.29. The first kappa shape index (κ1) is 24.6. The highest BCUT2D eigenvalue weighted by Gasteiger charge is 2.48. The molecular formula is C23H29ClN2O5. The van der Waals surface area contributed by atoms with Crippen LogP contribution in [0.1, 0.15) is 65.7 Å². The van der Waals surface area contributed by atoms with Gasteiger partial charge in [-0.3, -0.25) is 4.79 Å². The van der Waals surface area contributed by atoms with E-state index in [4.69, 9.17) is 21.1 Å². The van der Waals surface area contributed by atoms with Crippen LogP contribution >= 0.6 is 11.6 Å². The third-order valence-corrected chi connectivity index (χ3v) is 4.46. The number of carbonyl (C=O) groups excluding carboxylic acids is 3. The van der Waals surface area contributed by atoms with Crippen molar-refractivity contribution in [3.63, 3.8) is 0 Å². The van der Waals surface area contributed by atoms with Crippen molar-refractivity contribution >= 4 is 35.3 Å². The molecule has 0 bridgehead atoms. The number of carbonyl (C=O) groups is 3. The average Bonchev–Trinajstić information content (AvgIpc) is 2.87. The Balaban J connectivity index is 2.58. The molecule has 1 aliphatic rings. The normalized spacial score (nSPS) is 16.4. The molecule has 0 spiro atoms. The SMILES string of the molecule is CC(C)(C)N=C1OC(=O)C(C(C)(C)C(=O)NC(C)(C)C)=C1OC(=O)c1ccc(Cl)cc1. The van der Waals surface area contributed by atoms with E-state index in [0.717, 1.165) is 0 Å². The molecule has 0 radical (unpaired) electrons. The van der Waals surface area contributed by atoms with Crippen molar-refractivity contribution in [2.24, 2.45) is 10.4 Å². The average molecular weight is 449 g/mol. The summed E-state index contributed by atoms with van der Waals surface area (Å²) in [6, 6.07) is 6.10. The number of halogens is 1. The van der Waals surface area contributed by atoms with Gasteiger partial charge in [0, 0.05) is 10.6 Å². The maximum Gasteiger partial charge on any atom is 0.345 e. The second kappa shape index (κ2) is 8.46. The van der Waals surface area contributed by atoms with E-state index in [9.17, 15) is 14.4 Å². The number of esters is 2. The minimum absolute atomic E-state index is 0.0698. The van der Waals surface area contributed by atoms with Crippen LogP contribution in [0.3, 0.4) is 0 Å². The van der Waals surface area contributed by atoms with Crippen LogP contribution in [-0.4, -0.2) is 34.8 Å². The number of ether oxygens (including phenoxy) is 2. The first-order valence-electron chi connectivity index (χ1n) is 9.89. The van der Waals surface area contributed by atoms with Gasteiger partial charge in [0.25, 0.3) is 5.90 Å². The first-order chi connectivity index (χ1) is 14.0. The van der Waals surface area contributed by atoms with Crippen LogP contribution in [-0.2, 0) is 19.1 Å². The van der Waals surface area contributed by atoms with Crippen molar-refractivity contribution in [3.05, 3.63) is 46.2 Å². The lowest BCUT2D eigenvalue weighted by atomic mass is 9.82. The molecule has 1 aliphatic heterocycles. The quantitative estimate of drug-likeness (QED) is 0.687. The number of hydrogen-bond donors (Lipinski definition) is 1. The molecule has 8 heteroatoms. The van der Waals surface area contributed by atoms with Crippen LogP contribution in [0.2, 0.25) is 5.02 Å². The number of benzene rings is 1. The zero-order valence-corrected chi connectivity index (χ0v) is 19.9. The van der Waals surface area contributed by atoms with Crippen molar-refractivity contribution in [1.82, 2.24) is 5.32 Å². The summed E-state index contributed by atoms with van der Waals surface area (Å²) in [4.78, 5) is 43.0. The molecule has 1 aromatic carbocycles. The Labute approximate surface area is 187 Å². The fourth-order valence-corrected chi connectivity index (χ4v) is 2.87. The van der Waals surface area contributed by atoms with E-state index in [1.54, 1.807) is 26.0 Å². The zero-order chi connectivity index (χ0) is 23.8. The molecule has 0 saturated heterocycles. The molecule has 1 N–H and O–H groups in total. The van der Waals surface area contributed by atoms with Gasteiger partial charge in [-0.05, 0) is 79.7 Å². The molecule has 0 saturated carbocycles. The third-order valence-electron chi connectivity index (χ3n) is 4.21. The predicted octanol–water partition coefficient (Wildman–Crippen LogP) is 4.45. The van der Waals surface area contributed by atoms with Crippen LogP contribution in [0.4, 0.5) is 0 Å². The molecule has 2 rings (SSSR count). The van der Waals surface area contributed by atoms with Gasteiger partial charge in [0.1, 0.15) is 5.57 Å². The first-order valence-corrected chi connectivity index (χ1v) is 10.3. The molecule has 1 amide bonds. The fraction of sp³-hybridized carbons (Fsp3) is 0.478. The number of amides is 1. The number of nitrogens with one attached hydrogen (secondary N) is 1.